The summed E-state index contributed by atoms with van der Waals surface area (Å²) >= 11 is 0. The number of benzene rings is 6. The van der Waals surface area contributed by atoms with Gasteiger partial charge in [0, 0.05) is 31.7 Å². The van der Waals surface area contributed by atoms with Gasteiger partial charge < -0.3 is 45.0 Å². The maximum atomic E-state index is 16.3. The van der Waals surface area contributed by atoms with Crippen molar-refractivity contribution in [1.29, 1.82) is 0 Å². The van der Waals surface area contributed by atoms with E-state index in [9.17, 15) is 9.59 Å². The standard InChI is InChI=1S/C54H59N11O11S2/c1-54(2,3)76-53(67)58-39(29-56-52(66)75-34-38-11-8-7-9-12-38)30-57-77(68,69)46-28-27-43(44-13-10-14-45-48(44)60-51(55)59-45)47(50-61-63-65(62-50)33-37-19-25-42(74-6)26-20-37)49(46)78(70,71)64(31-35-15-21-40(72-4)22-16-35)32-36-17-23-41(73-5)24-18-36/h7-28,39,57H,29-34H2,1-6H3,(H,56,66)(H,58,67)(H3,55,59,60)/t39-/m0/s1. The number of fused-ring (bicyclic) bond motifs is 1. The van der Waals surface area contributed by atoms with E-state index in [1.54, 1.807) is 143 Å². The van der Waals surface area contributed by atoms with Gasteiger partial charge in [-0.25, -0.2) is 36.1 Å². The first-order chi connectivity index (χ1) is 37.3. The minimum absolute atomic E-state index is 0.0671. The molecular weight excluding hydrogens is 1040 g/mol. The molecule has 0 unspecified atom stereocenters. The van der Waals surface area contributed by atoms with E-state index in [-0.39, 0.29) is 55.7 Å². The number of aromatic amines is 1. The number of sulfonamides is 2. The molecule has 8 rings (SSSR count). The van der Waals surface area contributed by atoms with Crippen LogP contribution < -0.4 is 35.3 Å². The Morgan fingerprint density at radius 2 is 1.31 bits per heavy atom. The number of nitrogens with one attached hydrogen (secondary N) is 4. The summed E-state index contributed by atoms with van der Waals surface area (Å²) in [5.74, 6) is 1.47. The largest absolute Gasteiger partial charge is 0.497 e. The molecule has 2 amide bonds. The lowest BCUT2D eigenvalue weighted by molar-refractivity contribution is 0.0502. The van der Waals surface area contributed by atoms with Gasteiger partial charge in [-0.1, -0.05) is 84.9 Å². The maximum absolute atomic E-state index is 16.3. The van der Waals surface area contributed by atoms with Gasteiger partial charge in [0.15, 0.2) is 5.95 Å². The van der Waals surface area contributed by atoms with Crippen molar-refractivity contribution in [2.45, 2.75) is 68.4 Å². The van der Waals surface area contributed by atoms with Crippen LogP contribution in [0.3, 0.4) is 0 Å². The lowest BCUT2D eigenvalue weighted by Crippen LogP contribution is -2.51. The van der Waals surface area contributed by atoms with Gasteiger partial charge in [-0.05, 0) is 102 Å². The summed E-state index contributed by atoms with van der Waals surface area (Å²) in [6.45, 7) is 3.44. The van der Waals surface area contributed by atoms with E-state index in [0.717, 1.165) is 9.87 Å². The number of carbonyl (C=O) groups excluding carboxylic acids is 2. The molecule has 6 N–H and O–H groups in total. The quantitative estimate of drug-likeness (QED) is 0.0455. The van der Waals surface area contributed by atoms with E-state index < -0.39 is 60.2 Å². The third-order valence-corrected chi connectivity index (χ3v) is 15.4. The number of hydrogen-bond acceptors (Lipinski definition) is 16. The zero-order chi connectivity index (χ0) is 55.6. The Kier molecular flexibility index (Phi) is 17.2. The number of nitrogens with two attached hydrogens (primary N) is 1. The van der Waals surface area contributed by atoms with Gasteiger partial charge in [0.2, 0.25) is 25.9 Å². The molecule has 0 radical (unpaired) electrons. The molecule has 22 nitrogen and oxygen atoms in total. The third-order valence-electron chi connectivity index (χ3n) is 12.0. The van der Waals surface area contributed by atoms with Crippen molar-refractivity contribution in [3.63, 3.8) is 0 Å². The number of ether oxygens (including phenoxy) is 5. The van der Waals surface area contributed by atoms with E-state index in [0.29, 0.717) is 50.5 Å². The van der Waals surface area contributed by atoms with Crippen molar-refractivity contribution in [3.8, 4) is 39.8 Å². The van der Waals surface area contributed by atoms with Crippen LogP contribution in [0.1, 0.15) is 43.0 Å². The van der Waals surface area contributed by atoms with Crippen molar-refractivity contribution >= 4 is 49.2 Å². The van der Waals surface area contributed by atoms with Crippen LogP contribution in [0.4, 0.5) is 15.5 Å². The molecule has 0 saturated heterocycles. The number of alkyl carbamates (subject to hydrolysis) is 2. The second kappa shape index (κ2) is 24.2. The smallest absolute Gasteiger partial charge is 0.407 e. The van der Waals surface area contributed by atoms with Crippen LogP contribution in [-0.2, 0) is 55.8 Å². The van der Waals surface area contributed by atoms with Crippen LogP contribution in [-0.4, -0.2) is 110 Å². The summed E-state index contributed by atoms with van der Waals surface area (Å²) in [5.41, 5.74) is 8.84. The number of tetrazole rings is 1. The first-order valence-electron chi connectivity index (χ1n) is 24.3. The zero-order valence-electron chi connectivity index (χ0n) is 43.6. The number of imidazole rings is 1. The minimum atomic E-state index is -5.08. The molecule has 0 fully saturated rings. The predicted octanol–water partition coefficient (Wildman–Crippen LogP) is 7.03. The van der Waals surface area contributed by atoms with Gasteiger partial charge in [-0.3, -0.25) is 0 Å². The van der Waals surface area contributed by atoms with E-state index in [1.165, 1.54) is 31.1 Å². The summed E-state index contributed by atoms with van der Waals surface area (Å²) in [4.78, 5) is 33.6. The fourth-order valence-electron chi connectivity index (χ4n) is 8.19. The van der Waals surface area contributed by atoms with E-state index in [2.05, 4.69) is 35.6 Å². The summed E-state index contributed by atoms with van der Waals surface area (Å²) in [5, 5.41) is 18.7. The zero-order valence-corrected chi connectivity index (χ0v) is 45.2. The number of rotatable bonds is 22. The average molecular weight is 1100 g/mol. The van der Waals surface area contributed by atoms with Crippen LogP contribution in [0.5, 0.6) is 17.2 Å². The topological polar surface area (TPSA) is 286 Å². The second-order valence-electron chi connectivity index (χ2n) is 18.7. The van der Waals surface area contributed by atoms with Crippen LogP contribution >= 0.6 is 0 Å². The Bertz CT molecular complexity index is 3540. The number of carbonyl (C=O) groups is 2. The molecular formula is C54H59N11O11S2. The van der Waals surface area contributed by atoms with Crippen LogP contribution in [0.15, 0.2) is 143 Å². The molecule has 78 heavy (non-hydrogen) atoms. The van der Waals surface area contributed by atoms with E-state index in [1.807, 2.05) is 6.07 Å². The van der Waals surface area contributed by atoms with Crippen LogP contribution in [0.25, 0.3) is 33.5 Å². The maximum Gasteiger partial charge on any atom is 0.407 e. The number of anilines is 1. The number of aromatic nitrogens is 6. The fraction of sp³-hybridized carbons (Fsp3) is 0.259. The van der Waals surface area contributed by atoms with Gasteiger partial charge in [0.1, 0.15) is 39.2 Å². The highest BCUT2D eigenvalue weighted by Crippen LogP contribution is 2.43. The number of H-pyrrole nitrogens is 1. The van der Waals surface area contributed by atoms with Crippen LogP contribution in [0.2, 0.25) is 0 Å². The fourth-order valence-corrected chi connectivity index (χ4v) is 11.7. The molecule has 8 aromatic rings. The molecule has 24 heteroatoms. The first-order valence-corrected chi connectivity index (χ1v) is 27.3. The second-order valence-corrected chi connectivity index (χ2v) is 22.3. The number of amides is 2. The Balaban J connectivity index is 1.29. The highest BCUT2D eigenvalue weighted by molar-refractivity contribution is 7.92. The summed E-state index contributed by atoms with van der Waals surface area (Å²) in [7, 11) is -5.52. The van der Waals surface area contributed by atoms with Crippen LogP contribution in [0, 0.1) is 0 Å². The molecule has 0 aliphatic carbocycles. The molecule has 408 valence electrons. The van der Waals surface area contributed by atoms with Crippen molar-refractivity contribution < 1.29 is 50.1 Å². The summed E-state index contributed by atoms with van der Waals surface area (Å²) in [6, 6.07) is 36.1. The molecule has 0 saturated carbocycles. The molecule has 0 spiro atoms. The Labute approximate surface area is 451 Å². The summed E-state index contributed by atoms with van der Waals surface area (Å²) < 4.78 is 94.1. The number of methoxy groups -OCH3 is 3. The third kappa shape index (κ3) is 13.9. The molecule has 2 heterocycles. The van der Waals surface area contributed by atoms with Gasteiger partial charge in [-0.2, -0.15) is 9.10 Å². The summed E-state index contributed by atoms with van der Waals surface area (Å²) in [6.07, 6.45) is -1.79. The highest BCUT2D eigenvalue weighted by atomic mass is 32.2. The van der Waals surface area contributed by atoms with Gasteiger partial charge >= 0.3 is 12.2 Å². The highest BCUT2D eigenvalue weighted by Gasteiger charge is 2.39. The Morgan fingerprint density at radius 1 is 0.705 bits per heavy atom. The Hall–Kier alpha value is -8.58. The predicted molar refractivity (Wildman–Crippen MR) is 290 cm³/mol. The number of nitrogens with zero attached hydrogens (tertiary/aromatic N) is 6. The molecule has 0 aliphatic rings. The SMILES string of the molecule is COc1ccc(CN(Cc2ccc(OC)cc2)S(=O)(=O)c2c(S(=O)(=O)NC[C@H](CNC(=O)OCc3ccccc3)NC(=O)OC(C)(C)C)ccc(-c3cccc4[nH]c(N)nc34)c2-c2nnn(Cc3ccc(OC)cc3)n2)cc1. The lowest BCUT2D eigenvalue weighted by Gasteiger charge is -2.27. The van der Waals surface area contributed by atoms with Crippen molar-refractivity contribution in [1.82, 2.24) is 49.8 Å². The first kappa shape index (κ1) is 55.6. The number of para-hydroxylation sites is 1. The minimum Gasteiger partial charge on any atom is -0.497 e. The number of nitrogen functional groups attached to an aromatic ring is 1. The molecule has 1 atom stereocenters. The Morgan fingerprint density at radius 3 is 1.90 bits per heavy atom. The normalized spacial score (nSPS) is 12.2. The van der Waals surface area contributed by atoms with Gasteiger partial charge in [-0.15, -0.1) is 10.2 Å². The number of hydrogen-bond donors (Lipinski definition) is 5. The molecule has 0 bridgehead atoms. The van der Waals surface area contributed by atoms with Crippen molar-refractivity contribution in [2.24, 2.45) is 0 Å². The molecule has 2 aromatic heterocycles. The molecule has 6 aromatic carbocycles. The van der Waals surface area contributed by atoms with Gasteiger partial charge in [0.05, 0.1) is 50.5 Å². The molecule has 0 aliphatic heterocycles. The lowest BCUT2D eigenvalue weighted by atomic mass is 9.98. The van der Waals surface area contributed by atoms with Gasteiger partial charge in [0.25, 0.3) is 0 Å². The van der Waals surface area contributed by atoms with Crippen molar-refractivity contribution in [3.05, 3.63) is 156 Å². The van der Waals surface area contributed by atoms with Crippen molar-refractivity contribution in [2.75, 3.05) is 40.2 Å². The van der Waals surface area contributed by atoms with E-state index in [4.69, 9.17) is 34.5 Å². The average Bonchev–Trinajstić information content (AvgIpc) is 4.11. The van der Waals surface area contributed by atoms with E-state index >= 15 is 16.8 Å². The monoisotopic (exact) mass is 1100 g/mol.